The van der Waals surface area contributed by atoms with Crippen molar-refractivity contribution >= 4 is 0 Å². The number of aryl methyl sites for hydroxylation is 1. The van der Waals surface area contributed by atoms with Crippen molar-refractivity contribution in [2.75, 3.05) is 6.61 Å². The zero-order chi connectivity index (χ0) is 9.84. The topological polar surface area (TPSA) is 55.5 Å². The molecule has 1 unspecified atom stereocenters. The van der Waals surface area contributed by atoms with Gasteiger partial charge >= 0.3 is 0 Å². The van der Waals surface area contributed by atoms with Crippen LogP contribution in [0.5, 0.6) is 5.75 Å². The fourth-order valence-electron chi connectivity index (χ4n) is 1.17. The standard InChI is InChI=1S/C10H15NO2/c1-7-3-4-9(5-10(7)12)8(2)6-13-11/h3-5,8,12H,6,11H2,1-2H3. The summed E-state index contributed by atoms with van der Waals surface area (Å²) in [6.07, 6.45) is 0. The molecule has 0 radical (unpaired) electrons. The maximum atomic E-state index is 9.45. The molecule has 1 rings (SSSR count). The molecule has 0 aliphatic rings. The summed E-state index contributed by atoms with van der Waals surface area (Å²) in [6.45, 7) is 4.32. The molecule has 3 nitrogen and oxygen atoms in total. The van der Waals surface area contributed by atoms with Gasteiger partial charge in [0.05, 0.1) is 6.61 Å². The number of nitrogens with two attached hydrogens (primary N) is 1. The van der Waals surface area contributed by atoms with Crippen molar-refractivity contribution in [2.24, 2.45) is 5.90 Å². The molecule has 3 heteroatoms. The molecule has 13 heavy (non-hydrogen) atoms. The Hall–Kier alpha value is -1.06. The van der Waals surface area contributed by atoms with Crippen LogP contribution in [0.15, 0.2) is 18.2 Å². The minimum atomic E-state index is 0.205. The van der Waals surface area contributed by atoms with Gasteiger partial charge in [-0.15, -0.1) is 0 Å². The van der Waals surface area contributed by atoms with Gasteiger partial charge in [0, 0.05) is 5.92 Å². The van der Waals surface area contributed by atoms with E-state index in [1.54, 1.807) is 6.07 Å². The van der Waals surface area contributed by atoms with Gasteiger partial charge in [0.1, 0.15) is 5.75 Å². The first-order chi connectivity index (χ1) is 6.15. The van der Waals surface area contributed by atoms with Crippen LogP contribution in [0.4, 0.5) is 0 Å². The number of phenolic OH excluding ortho intramolecular Hbond substituents is 1. The van der Waals surface area contributed by atoms with Gasteiger partial charge in [-0.1, -0.05) is 19.1 Å². The monoisotopic (exact) mass is 181 g/mol. The number of rotatable bonds is 3. The van der Waals surface area contributed by atoms with E-state index in [2.05, 4.69) is 4.84 Å². The van der Waals surface area contributed by atoms with Gasteiger partial charge in [-0.25, -0.2) is 5.90 Å². The zero-order valence-corrected chi connectivity index (χ0v) is 7.95. The van der Waals surface area contributed by atoms with E-state index in [-0.39, 0.29) is 5.92 Å². The van der Waals surface area contributed by atoms with E-state index in [1.165, 1.54) is 0 Å². The first kappa shape index (κ1) is 10.0. The molecule has 0 heterocycles. The molecule has 0 aromatic heterocycles. The molecule has 0 aliphatic carbocycles. The molecule has 1 aromatic carbocycles. The summed E-state index contributed by atoms with van der Waals surface area (Å²) in [5.41, 5.74) is 1.91. The Balaban J connectivity index is 2.84. The largest absolute Gasteiger partial charge is 0.508 e. The maximum Gasteiger partial charge on any atom is 0.118 e. The second-order valence-electron chi connectivity index (χ2n) is 3.28. The minimum absolute atomic E-state index is 0.205. The summed E-state index contributed by atoms with van der Waals surface area (Å²) in [4.78, 5) is 4.55. The van der Waals surface area contributed by atoms with Gasteiger partial charge in [-0.2, -0.15) is 0 Å². The van der Waals surface area contributed by atoms with Crippen molar-refractivity contribution in [3.63, 3.8) is 0 Å². The van der Waals surface area contributed by atoms with E-state index in [0.29, 0.717) is 12.4 Å². The third-order valence-electron chi connectivity index (χ3n) is 2.15. The third kappa shape index (κ3) is 2.44. The van der Waals surface area contributed by atoms with Crippen molar-refractivity contribution in [1.29, 1.82) is 0 Å². The lowest BCUT2D eigenvalue weighted by Gasteiger charge is -2.11. The quantitative estimate of drug-likeness (QED) is 0.698. The Kier molecular flexibility index (Phi) is 3.28. The van der Waals surface area contributed by atoms with Crippen LogP contribution in [0, 0.1) is 6.92 Å². The van der Waals surface area contributed by atoms with Gasteiger partial charge in [0.25, 0.3) is 0 Å². The van der Waals surface area contributed by atoms with E-state index < -0.39 is 0 Å². The highest BCUT2D eigenvalue weighted by Crippen LogP contribution is 2.23. The molecule has 0 bridgehead atoms. The molecule has 3 N–H and O–H groups in total. The van der Waals surface area contributed by atoms with Gasteiger partial charge in [0.2, 0.25) is 0 Å². The Bertz CT molecular complexity index is 286. The zero-order valence-electron chi connectivity index (χ0n) is 7.95. The second-order valence-corrected chi connectivity index (χ2v) is 3.28. The fraction of sp³-hybridized carbons (Fsp3) is 0.400. The number of hydrogen-bond acceptors (Lipinski definition) is 3. The molecular formula is C10H15NO2. The van der Waals surface area contributed by atoms with Crippen molar-refractivity contribution < 1.29 is 9.94 Å². The van der Waals surface area contributed by atoms with Crippen LogP contribution < -0.4 is 5.90 Å². The van der Waals surface area contributed by atoms with E-state index in [4.69, 9.17) is 5.90 Å². The lowest BCUT2D eigenvalue weighted by atomic mass is 10.0. The highest BCUT2D eigenvalue weighted by Gasteiger charge is 2.06. The Morgan fingerprint density at radius 1 is 1.54 bits per heavy atom. The molecule has 0 spiro atoms. The minimum Gasteiger partial charge on any atom is -0.508 e. The first-order valence-corrected chi connectivity index (χ1v) is 4.26. The van der Waals surface area contributed by atoms with Crippen molar-refractivity contribution in [3.8, 4) is 5.75 Å². The predicted octanol–water partition coefficient (Wildman–Crippen LogP) is 1.69. The van der Waals surface area contributed by atoms with Crippen LogP contribution in [0.3, 0.4) is 0 Å². The molecule has 0 saturated carbocycles. The average Bonchev–Trinajstić information content (AvgIpc) is 2.10. The summed E-state index contributed by atoms with van der Waals surface area (Å²) < 4.78 is 0. The lowest BCUT2D eigenvalue weighted by Crippen LogP contribution is -2.08. The smallest absolute Gasteiger partial charge is 0.118 e. The van der Waals surface area contributed by atoms with Gasteiger partial charge in [0.15, 0.2) is 0 Å². The van der Waals surface area contributed by atoms with E-state index in [9.17, 15) is 5.11 Å². The lowest BCUT2D eigenvalue weighted by molar-refractivity contribution is 0.126. The van der Waals surface area contributed by atoms with Crippen molar-refractivity contribution in [1.82, 2.24) is 0 Å². The fourth-order valence-corrected chi connectivity index (χ4v) is 1.17. The second kappa shape index (κ2) is 4.25. The first-order valence-electron chi connectivity index (χ1n) is 4.26. The third-order valence-corrected chi connectivity index (χ3v) is 2.15. The predicted molar refractivity (Wildman–Crippen MR) is 51.4 cm³/mol. The van der Waals surface area contributed by atoms with Gasteiger partial charge in [-0.3, -0.25) is 0 Å². The Morgan fingerprint density at radius 2 is 2.23 bits per heavy atom. The molecule has 1 aromatic rings. The molecule has 72 valence electrons. The molecule has 1 atom stereocenters. The summed E-state index contributed by atoms with van der Waals surface area (Å²) >= 11 is 0. The Labute approximate surface area is 78.1 Å². The van der Waals surface area contributed by atoms with Crippen molar-refractivity contribution in [2.45, 2.75) is 19.8 Å². The number of aromatic hydroxyl groups is 1. The maximum absolute atomic E-state index is 9.45. The number of benzene rings is 1. The molecule has 0 saturated heterocycles. The average molecular weight is 181 g/mol. The Morgan fingerprint density at radius 3 is 2.77 bits per heavy atom. The van der Waals surface area contributed by atoms with Crippen LogP contribution in [-0.2, 0) is 4.84 Å². The molecule has 0 fully saturated rings. The summed E-state index contributed by atoms with van der Waals surface area (Å²) in [5, 5.41) is 9.45. The molecule has 0 aliphatic heterocycles. The normalized spacial score (nSPS) is 12.8. The number of phenols is 1. The highest BCUT2D eigenvalue weighted by atomic mass is 16.6. The molecule has 0 amide bonds. The summed E-state index contributed by atoms with van der Waals surface area (Å²) in [7, 11) is 0. The van der Waals surface area contributed by atoms with Gasteiger partial charge in [-0.05, 0) is 24.1 Å². The summed E-state index contributed by atoms with van der Waals surface area (Å²) in [6, 6.07) is 5.61. The van der Waals surface area contributed by atoms with E-state index in [1.807, 2.05) is 26.0 Å². The van der Waals surface area contributed by atoms with E-state index >= 15 is 0 Å². The van der Waals surface area contributed by atoms with Crippen LogP contribution in [0.25, 0.3) is 0 Å². The van der Waals surface area contributed by atoms with Crippen LogP contribution in [0.2, 0.25) is 0 Å². The van der Waals surface area contributed by atoms with Crippen LogP contribution >= 0.6 is 0 Å². The summed E-state index contributed by atoms with van der Waals surface area (Å²) in [5.74, 6) is 5.50. The SMILES string of the molecule is Cc1ccc(C(C)CON)cc1O. The molecular weight excluding hydrogens is 166 g/mol. The van der Waals surface area contributed by atoms with Crippen LogP contribution in [-0.4, -0.2) is 11.7 Å². The number of hydrogen-bond donors (Lipinski definition) is 2. The van der Waals surface area contributed by atoms with E-state index in [0.717, 1.165) is 11.1 Å². The highest BCUT2D eigenvalue weighted by molar-refractivity contribution is 5.36. The van der Waals surface area contributed by atoms with Gasteiger partial charge < -0.3 is 9.94 Å². The van der Waals surface area contributed by atoms with Crippen molar-refractivity contribution in [3.05, 3.63) is 29.3 Å². The van der Waals surface area contributed by atoms with Crippen LogP contribution in [0.1, 0.15) is 24.0 Å².